The Bertz CT molecular complexity index is 1890. The average Bonchev–Trinajstić information content (AvgIpc) is 3.38. The molecule has 256 valence electrons. The van der Waals surface area contributed by atoms with Gasteiger partial charge in [-0.15, -0.1) is 0 Å². The quantitative estimate of drug-likeness (QED) is 0.129. The topological polar surface area (TPSA) is 128 Å². The molecule has 4 N–H and O–H groups in total. The van der Waals surface area contributed by atoms with E-state index in [9.17, 15) is 24.6 Å². The second-order valence-corrected chi connectivity index (χ2v) is 14.0. The fraction of sp³-hybridized carbons (Fsp3) is 0.308. The largest absolute Gasteiger partial charge is 0.495 e. The van der Waals surface area contributed by atoms with E-state index in [2.05, 4.69) is 36.3 Å². The van der Waals surface area contributed by atoms with Gasteiger partial charge in [0.05, 0.1) is 30.0 Å². The molecule has 49 heavy (non-hydrogen) atoms. The van der Waals surface area contributed by atoms with Crippen molar-refractivity contribution in [3.8, 4) is 5.75 Å². The highest BCUT2D eigenvalue weighted by Gasteiger charge is 2.59. The number of nitrogens with one attached hydrogen (secondary N) is 2. The van der Waals surface area contributed by atoms with Crippen molar-refractivity contribution in [1.82, 2.24) is 5.32 Å². The van der Waals surface area contributed by atoms with Gasteiger partial charge >= 0.3 is 11.9 Å². The summed E-state index contributed by atoms with van der Waals surface area (Å²) in [6.45, 7) is 9.54. The van der Waals surface area contributed by atoms with Crippen LogP contribution >= 0.6 is 11.6 Å². The second-order valence-electron chi connectivity index (χ2n) is 13.6. The number of carbonyl (C=O) groups is 3. The van der Waals surface area contributed by atoms with Crippen LogP contribution in [-0.2, 0) is 16.8 Å². The summed E-state index contributed by atoms with van der Waals surface area (Å²) in [6.07, 6.45) is 0. The van der Waals surface area contributed by atoms with Crippen LogP contribution in [0, 0.1) is 12.3 Å². The van der Waals surface area contributed by atoms with Gasteiger partial charge in [0.25, 0.3) is 0 Å². The molecule has 1 heterocycles. The van der Waals surface area contributed by atoms with Crippen molar-refractivity contribution in [2.75, 3.05) is 30.9 Å². The highest BCUT2D eigenvalue weighted by atomic mass is 35.5. The van der Waals surface area contributed by atoms with Crippen LogP contribution in [0.25, 0.3) is 0 Å². The summed E-state index contributed by atoms with van der Waals surface area (Å²) >= 11 is 6.73. The lowest BCUT2D eigenvalue weighted by atomic mass is 9.53. The molecule has 0 bridgehead atoms. The summed E-state index contributed by atoms with van der Waals surface area (Å²) < 4.78 is 5.48. The molecular weight excluding hydrogens is 642 g/mol. The number of aromatic carboxylic acids is 2. The van der Waals surface area contributed by atoms with Gasteiger partial charge in [0.15, 0.2) is 0 Å². The van der Waals surface area contributed by atoms with Gasteiger partial charge in [0.2, 0.25) is 5.91 Å². The summed E-state index contributed by atoms with van der Waals surface area (Å²) in [7, 11) is 3.19. The van der Waals surface area contributed by atoms with Gasteiger partial charge in [-0.05, 0) is 84.1 Å². The molecule has 9 nitrogen and oxygen atoms in total. The van der Waals surface area contributed by atoms with Gasteiger partial charge in [0.1, 0.15) is 5.75 Å². The SMILES string of the molecule is CN[C@@H](C(=O)Nc1ccc(C(=O)O)cc1OC)[C@H](c1ccccc1)[C@@]1(C(C)(C)C)CN(Cc2cccc(C(=O)O)c2)c2cc(Cl)cc(C)c21. The third-order valence-corrected chi connectivity index (χ3v) is 9.93. The number of aryl methyl sites for hydroxylation is 1. The lowest BCUT2D eigenvalue weighted by molar-refractivity contribution is -0.119. The van der Waals surface area contributed by atoms with Gasteiger partial charge in [-0.2, -0.15) is 0 Å². The molecule has 0 aliphatic carbocycles. The fourth-order valence-corrected chi connectivity index (χ4v) is 7.79. The van der Waals surface area contributed by atoms with E-state index in [4.69, 9.17) is 16.3 Å². The van der Waals surface area contributed by atoms with Gasteiger partial charge in [0, 0.05) is 35.1 Å². The third-order valence-electron chi connectivity index (χ3n) is 9.72. The maximum absolute atomic E-state index is 14.6. The first-order chi connectivity index (χ1) is 23.2. The molecule has 4 aromatic carbocycles. The average molecular weight is 684 g/mol. The van der Waals surface area contributed by atoms with Crippen LogP contribution < -0.4 is 20.3 Å². The van der Waals surface area contributed by atoms with Crippen molar-refractivity contribution >= 4 is 40.8 Å². The number of likely N-dealkylation sites (N-methyl/N-ethyl adjacent to an activating group) is 1. The van der Waals surface area contributed by atoms with Crippen molar-refractivity contribution in [2.24, 2.45) is 5.41 Å². The Labute approximate surface area is 291 Å². The summed E-state index contributed by atoms with van der Waals surface area (Å²) in [5.74, 6) is -2.61. The molecule has 0 saturated carbocycles. The summed E-state index contributed by atoms with van der Waals surface area (Å²) in [5.41, 5.74) is 4.26. The number of benzene rings is 4. The summed E-state index contributed by atoms with van der Waals surface area (Å²) in [5, 5.41) is 26.2. The van der Waals surface area contributed by atoms with Crippen molar-refractivity contribution in [3.63, 3.8) is 0 Å². The molecule has 0 saturated heterocycles. The van der Waals surface area contributed by atoms with Gasteiger partial charge in [-0.3, -0.25) is 4.79 Å². The van der Waals surface area contributed by atoms with Crippen LogP contribution in [-0.4, -0.2) is 54.8 Å². The number of carboxylic acids is 2. The van der Waals surface area contributed by atoms with Crippen molar-refractivity contribution in [3.05, 3.63) is 123 Å². The van der Waals surface area contributed by atoms with E-state index < -0.39 is 34.7 Å². The number of hydrogen-bond acceptors (Lipinski definition) is 6. The first kappa shape index (κ1) is 35.4. The number of anilines is 2. The number of carbonyl (C=O) groups excluding carboxylic acids is 1. The molecule has 4 aromatic rings. The fourth-order valence-electron chi connectivity index (χ4n) is 7.53. The number of halogens is 1. The highest BCUT2D eigenvalue weighted by molar-refractivity contribution is 6.31. The summed E-state index contributed by atoms with van der Waals surface area (Å²) in [6, 6.07) is 24.4. The van der Waals surface area contributed by atoms with Gasteiger partial charge in [-0.25, -0.2) is 9.59 Å². The standard InChI is InChI=1S/C39H42ClN3O6/c1-23-17-28(40)20-30-32(23)39(38(2,3)4,22-43(30)21-24-11-10-14-26(18-24)36(45)46)33(25-12-8-7-9-13-25)34(41-5)35(44)42-29-16-15-27(37(47)48)19-31(29)49-6/h7-20,33-34,41H,21-22H2,1-6H3,(H,42,44)(H,45,46)(H,47,48)/t33-,34+,39+/m0/s1. The number of methoxy groups -OCH3 is 1. The molecule has 0 spiro atoms. The van der Waals surface area contributed by atoms with Crippen LogP contribution in [0.15, 0.2) is 84.9 Å². The van der Waals surface area contributed by atoms with E-state index in [0.29, 0.717) is 23.8 Å². The number of rotatable bonds is 11. The smallest absolute Gasteiger partial charge is 0.335 e. The van der Waals surface area contributed by atoms with Crippen LogP contribution in [0.3, 0.4) is 0 Å². The Morgan fingerprint density at radius 2 is 1.61 bits per heavy atom. The van der Waals surface area contributed by atoms with Crippen molar-refractivity contribution < 1.29 is 29.3 Å². The normalized spacial score (nSPS) is 16.8. The zero-order chi connectivity index (χ0) is 35.7. The first-order valence-electron chi connectivity index (χ1n) is 16.0. The number of fused-ring (bicyclic) bond motifs is 1. The number of nitrogens with zero attached hydrogens (tertiary/aromatic N) is 1. The predicted molar refractivity (Wildman–Crippen MR) is 192 cm³/mol. The molecule has 10 heteroatoms. The number of hydrogen-bond donors (Lipinski definition) is 4. The van der Waals surface area contributed by atoms with E-state index in [1.54, 1.807) is 25.2 Å². The lowest BCUT2D eigenvalue weighted by Gasteiger charge is -2.51. The second kappa shape index (κ2) is 13.9. The molecule has 1 amide bonds. The molecule has 0 fully saturated rings. The maximum Gasteiger partial charge on any atom is 0.335 e. The maximum atomic E-state index is 14.6. The Kier molecular flexibility index (Phi) is 10.1. The minimum absolute atomic E-state index is 0.0412. The van der Waals surface area contributed by atoms with Crippen molar-refractivity contribution in [2.45, 2.75) is 51.6 Å². The Hall–Kier alpha value is -4.86. The molecule has 0 unspecified atom stereocenters. The predicted octanol–water partition coefficient (Wildman–Crippen LogP) is 7.37. The molecular formula is C39H42ClN3O6. The van der Waals surface area contributed by atoms with E-state index in [1.807, 2.05) is 55.5 Å². The minimum Gasteiger partial charge on any atom is -0.495 e. The zero-order valence-electron chi connectivity index (χ0n) is 28.5. The monoisotopic (exact) mass is 683 g/mol. The van der Waals surface area contributed by atoms with Crippen LogP contribution in [0.5, 0.6) is 5.75 Å². The van der Waals surface area contributed by atoms with E-state index in [-0.39, 0.29) is 22.8 Å². The van der Waals surface area contributed by atoms with Crippen LogP contribution in [0.2, 0.25) is 5.02 Å². The Morgan fingerprint density at radius 1 is 0.939 bits per heavy atom. The third kappa shape index (κ3) is 6.73. The zero-order valence-corrected chi connectivity index (χ0v) is 29.3. The van der Waals surface area contributed by atoms with E-state index in [0.717, 1.165) is 27.9 Å². The Balaban J connectivity index is 1.70. The molecule has 0 radical (unpaired) electrons. The van der Waals surface area contributed by atoms with E-state index in [1.165, 1.54) is 25.3 Å². The van der Waals surface area contributed by atoms with Crippen molar-refractivity contribution in [1.29, 1.82) is 0 Å². The van der Waals surface area contributed by atoms with E-state index >= 15 is 0 Å². The minimum atomic E-state index is -1.10. The molecule has 0 aromatic heterocycles. The van der Waals surface area contributed by atoms with Gasteiger partial charge < -0.3 is 30.5 Å². The molecule has 5 rings (SSSR count). The number of amides is 1. The van der Waals surface area contributed by atoms with Crippen LogP contribution in [0.4, 0.5) is 11.4 Å². The molecule has 1 aliphatic heterocycles. The van der Waals surface area contributed by atoms with Crippen LogP contribution in [0.1, 0.15) is 69.7 Å². The first-order valence-corrected chi connectivity index (χ1v) is 16.4. The van der Waals surface area contributed by atoms with Gasteiger partial charge in [-0.1, -0.05) is 74.8 Å². The number of carboxylic acid groups (broad SMARTS) is 2. The molecule has 3 atom stereocenters. The lowest BCUT2D eigenvalue weighted by Crippen LogP contribution is -2.57. The summed E-state index contributed by atoms with van der Waals surface area (Å²) in [4.78, 5) is 40.3. The molecule has 1 aliphatic rings. The highest BCUT2D eigenvalue weighted by Crippen LogP contribution is 2.60. The number of ether oxygens (including phenoxy) is 1. The Morgan fingerprint density at radius 3 is 2.22 bits per heavy atom.